The standard InChI is InChI=1S/C33H34N2O/c1-33(2)20-25(23-36)30-22-34(26-14-5-3-6-15-26)32(29-19-11-13-24-12-9-10-18-28(24)29)35(31(30)21-33)27-16-7-4-8-17-27/h3-19,23,25,30-32H,20-22H2,1-2H3. The van der Waals surface area contributed by atoms with Gasteiger partial charge < -0.3 is 14.6 Å². The Labute approximate surface area is 214 Å². The van der Waals surface area contributed by atoms with E-state index in [1.165, 1.54) is 34.0 Å². The van der Waals surface area contributed by atoms with E-state index in [4.69, 9.17) is 0 Å². The van der Waals surface area contributed by atoms with Gasteiger partial charge in [0.15, 0.2) is 0 Å². The number of rotatable bonds is 4. The molecule has 4 aromatic rings. The monoisotopic (exact) mass is 474 g/mol. The van der Waals surface area contributed by atoms with Crippen LogP contribution in [0.25, 0.3) is 10.8 Å². The maximum Gasteiger partial charge on any atom is 0.129 e. The molecule has 2 aliphatic rings. The molecule has 36 heavy (non-hydrogen) atoms. The Hall–Kier alpha value is -3.59. The summed E-state index contributed by atoms with van der Waals surface area (Å²) in [6, 6.07) is 37.3. The number of carbonyl (C=O) groups excluding carboxylic acids is 1. The predicted octanol–water partition coefficient (Wildman–Crippen LogP) is 7.49. The van der Waals surface area contributed by atoms with Crippen LogP contribution >= 0.6 is 0 Å². The van der Waals surface area contributed by atoms with Gasteiger partial charge in [0.25, 0.3) is 0 Å². The molecule has 3 nitrogen and oxygen atoms in total. The summed E-state index contributed by atoms with van der Waals surface area (Å²) in [6.45, 7) is 5.53. The van der Waals surface area contributed by atoms with E-state index in [1.54, 1.807) is 0 Å². The quantitative estimate of drug-likeness (QED) is 0.286. The molecule has 4 atom stereocenters. The third-order valence-corrected chi connectivity index (χ3v) is 8.34. The summed E-state index contributed by atoms with van der Waals surface area (Å²) in [5.74, 6) is 0.312. The lowest BCUT2D eigenvalue weighted by Crippen LogP contribution is -2.63. The van der Waals surface area contributed by atoms with E-state index in [0.29, 0.717) is 0 Å². The minimum Gasteiger partial charge on any atom is -0.347 e. The zero-order chi connectivity index (χ0) is 24.7. The van der Waals surface area contributed by atoms with Crippen molar-refractivity contribution in [1.29, 1.82) is 0 Å². The van der Waals surface area contributed by atoms with Gasteiger partial charge in [-0.1, -0.05) is 92.7 Å². The van der Waals surface area contributed by atoms with Crippen LogP contribution in [0.15, 0.2) is 103 Å². The van der Waals surface area contributed by atoms with Gasteiger partial charge in [0.2, 0.25) is 0 Å². The molecule has 6 rings (SSSR count). The van der Waals surface area contributed by atoms with Crippen molar-refractivity contribution in [3.63, 3.8) is 0 Å². The van der Waals surface area contributed by atoms with Crippen molar-refractivity contribution in [3.05, 3.63) is 109 Å². The van der Waals surface area contributed by atoms with Crippen molar-refractivity contribution >= 4 is 28.4 Å². The largest absolute Gasteiger partial charge is 0.347 e. The average molecular weight is 475 g/mol. The van der Waals surface area contributed by atoms with Crippen molar-refractivity contribution in [1.82, 2.24) is 0 Å². The Balaban J connectivity index is 1.61. The van der Waals surface area contributed by atoms with E-state index >= 15 is 0 Å². The summed E-state index contributed by atoms with van der Waals surface area (Å²) in [4.78, 5) is 17.7. The number of para-hydroxylation sites is 2. The van der Waals surface area contributed by atoms with Gasteiger partial charge in [-0.3, -0.25) is 0 Å². The molecule has 1 saturated heterocycles. The molecule has 182 valence electrons. The molecule has 0 radical (unpaired) electrons. The second kappa shape index (κ2) is 9.13. The van der Waals surface area contributed by atoms with Crippen LogP contribution in [0, 0.1) is 17.3 Å². The molecule has 0 N–H and O–H groups in total. The van der Waals surface area contributed by atoms with Gasteiger partial charge in [-0.25, -0.2) is 0 Å². The van der Waals surface area contributed by atoms with Crippen molar-refractivity contribution in [2.45, 2.75) is 38.9 Å². The molecular weight excluding hydrogens is 440 g/mol. The molecule has 1 aliphatic heterocycles. The molecule has 4 aromatic carbocycles. The molecule has 3 heteroatoms. The molecule has 4 unspecified atom stereocenters. The normalized spacial score (nSPS) is 25.4. The van der Waals surface area contributed by atoms with E-state index in [0.717, 1.165) is 19.4 Å². The summed E-state index contributed by atoms with van der Waals surface area (Å²) in [7, 11) is 0. The molecular formula is C33H34N2O. The molecule has 0 bridgehead atoms. The van der Waals surface area contributed by atoms with Crippen LogP contribution in [0.4, 0.5) is 11.4 Å². The van der Waals surface area contributed by atoms with Gasteiger partial charge in [-0.15, -0.1) is 0 Å². The lowest BCUT2D eigenvalue weighted by Gasteiger charge is -2.59. The van der Waals surface area contributed by atoms with E-state index in [-0.39, 0.29) is 29.5 Å². The Morgan fingerprint density at radius 1 is 0.750 bits per heavy atom. The Morgan fingerprint density at radius 3 is 2.11 bits per heavy atom. The highest BCUT2D eigenvalue weighted by Gasteiger charge is 2.51. The van der Waals surface area contributed by atoms with E-state index in [2.05, 4.69) is 127 Å². The number of fused-ring (bicyclic) bond motifs is 2. The zero-order valence-electron chi connectivity index (χ0n) is 21.1. The van der Waals surface area contributed by atoms with Gasteiger partial charge in [0.1, 0.15) is 12.5 Å². The topological polar surface area (TPSA) is 23.6 Å². The molecule has 1 heterocycles. The van der Waals surface area contributed by atoms with Crippen LogP contribution in [0.5, 0.6) is 0 Å². The highest BCUT2D eigenvalue weighted by atomic mass is 16.1. The first-order valence-corrected chi connectivity index (χ1v) is 13.1. The van der Waals surface area contributed by atoms with Crippen molar-refractivity contribution in [3.8, 4) is 0 Å². The second-order valence-corrected chi connectivity index (χ2v) is 11.3. The van der Waals surface area contributed by atoms with Crippen molar-refractivity contribution < 1.29 is 4.79 Å². The summed E-state index contributed by atoms with van der Waals surface area (Å²) >= 11 is 0. The first-order valence-electron chi connectivity index (χ1n) is 13.1. The minimum absolute atomic E-state index is 0.0170. The molecule has 1 aliphatic carbocycles. The first-order chi connectivity index (χ1) is 17.6. The molecule has 1 saturated carbocycles. The SMILES string of the molecule is CC1(C)CC(C=O)C2CN(c3ccccc3)C(c3cccc4ccccc34)N(c3ccccc3)C2C1. The summed E-state index contributed by atoms with van der Waals surface area (Å²) in [6.07, 6.45) is 3.27. The number of aldehydes is 1. The van der Waals surface area contributed by atoms with Gasteiger partial charge in [-0.05, 0) is 53.3 Å². The van der Waals surface area contributed by atoms with Crippen LogP contribution in [0.3, 0.4) is 0 Å². The van der Waals surface area contributed by atoms with Crippen molar-refractivity contribution in [2.24, 2.45) is 17.3 Å². The number of nitrogens with zero attached hydrogens (tertiary/aromatic N) is 2. The smallest absolute Gasteiger partial charge is 0.129 e. The molecule has 0 spiro atoms. The van der Waals surface area contributed by atoms with Crippen LogP contribution in [-0.2, 0) is 4.79 Å². The van der Waals surface area contributed by atoms with Gasteiger partial charge in [0.05, 0.1) is 0 Å². The number of carbonyl (C=O) groups is 1. The molecule has 0 aromatic heterocycles. The highest BCUT2D eigenvalue weighted by molar-refractivity contribution is 5.87. The summed E-state index contributed by atoms with van der Waals surface area (Å²) in [5.41, 5.74) is 3.83. The van der Waals surface area contributed by atoms with Crippen LogP contribution in [0.2, 0.25) is 0 Å². The zero-order valence-corrected chi connectivity index (χ0v) is 21.1. The molecule has 0 amide bonds. The Bertz CT molecular complexity index is 1340. The van der Waals surface area contributed by atoms with E-state index < -0.39 is 0 Å². The van der Waals surface area contributed by atoms with Crippen LogP contribution < -0.4 is 9.80 Å². The third kappa shape index (κ3) is 3.97. The number of hydrogen-bond acceptors (Lipinski definition) is 3. The van der Waals surface area contributed by atoms with Gasteiger partial charge in [0, 0.05) is 41.4 Å². The predicted molar refractivity (Wildman–Crippen MR) is 149 cm³/mol. The second-order valence-electron chi connectivity index (χ2n) is 11.3. The van der Waals surface area contributed by atoms with Crippen LogP contribution in [-0.4, -0.2) is 18.9 Å². The van der Waals surface area contributed by atoms with Crippen molar-refractivity contribution in [2.75, 3.05) is 16.3 Å². The maximum absolute atomic E-state index is 12.5. The Morgan fingerprint density at radius 2 is 1.39 bits per heavy atom. The van der Waals surface area contributed by atoms with Gasteiger partial charge >= 0.3 is 0 Å². The van der Waals surface area contributed by atoms with E-state index in [1.807, 2.05) is 0 Å². The van der Waals surface area contributed by atoms with Crippen LogP contribution in [0.1, 0.15) is 38.4 Å². The summed E-state index contributed by atoms with van der Waals surface area (Å²) in [5, 5.41) is 2.54. The third-order valence-electron chi connectivity index (χ3n) is 8.34. The fourth-order valence-corrected chi connectivity index (χ4v) is 6.84. The number of benzene rings is 4. The summed E-state index contributed by atoms with van der Waals surface area (Å²) < 4.78 is 0. The number of hydrogen-bond donors (Lipinski definition) is 0. The Kier molecular flexibility index (Phi) is 5.79. The first kappa shape index (κ1) is 22.8. The molecule has 2 fully saturated rings. The maximum atomic E-state index is 12.5. The minimum atomic E-state index is 0.0170. The lowest BCUT2D eigenvalue weighted by molar-refractivity contribution is -0.115. The average Bonchev–Trinajstić information content (AvgIpc) is 2.92. The lowest BCUT2D eigenvalue weighted by atomic mass is 9.63. The fraction of sp³-hybridized carbons (Fsp3) is 0.303. The number of anilines is 2. The highest BCUT2D eigenvalue weighted by Crippen LogP contribution is 2.51. The fourth-order valence-electron chi connectivity index (χ4n) is 6.84. The van der Waals surface area contributed by atoms with Gasteiger partial charge in [-0.2, -0.15) is 0 Å². The van der Waals surface area contributed by atoms with E-state index in [9.17, 15) is 4.79 Å².